The molecule has 0 radical (unpaired) electrons. The third-order valence-electron chi connectivity index (χ3n) is 7.04. The van der Waals surface area contributed by atoms with Gasteiger partial charge >= 0.3 is 0 Å². The summed E-state index contributed by atoms with van der Waals surface area (Å²) < 4.78 is 0. The van der Waals surface area contributed by atoms with Gasteiger partial charge in [0.2, 0.25) is 5.91 Å². The number of ketones is 1. The molecule has 3 N–H and O–H groups in total. The van der Waals surface area contributed by atoms with Gasteiger partial charge in [-0.05, 0) is 89.2 Å². The van der Waals surface area contributed by atoms with E-state index < -0.39 is 0 Å². The maximum absolute atomic E-state index is 12.1. The van der Waals surface area contributed by atoms with Crippen LogP contribution >= 0.6 is 11.3 Å². The smallest absolute Gasteiger partial charge is 0.229 e. The Labute approximate surface area is 227 Å². The van der Waals surface area contributed by atoms with Crippen LogP contribution in [0.15, 0.2) is 17.5 Å². The first-order valence-corrected chi connectivity index (χ1v) is 14.4. The maximum Gasteiger partial charge on any atom is 0.229 e. The normalized spacial score (nSPS) is 17.2. The summed E-state index contributed by atoms with van der Waals surface area (Å²) in [5.74, 6) is 1.21. The first-order chi connectivity index (χ1) is 17.7. The predicted octanol–water partition coefficient (Wildman–Crippen LogP) is 5.57. The quantitative estimate of drug-likeness (QED) is 0.329. The molecule has 1 aromatic carbocycles. The zero-order valence-corrected chi connectivity index (χ0v) is 24.3. The average Bonchev–Trinajstić information content (AvgIpc) is 3.30. The highest BCUT2D eigenvalue weighted by Crippen LogP contribution is 2.31. The van der Waals surface area contributed by atoms with Gasteiger partial charge in [-0.2, -0.15) is 0 Å². The van der Waals surface area contributed by atoms with Crippen molar-refractivity contribution in [3.63, 3.8) is 0 Å². The number of carbonyl (C=O) groups is 2. The second-order valence-electron chi connectivity index (χ2n) is 10.2. The van der Waals surface area contributed by atoms with E-state index >= 15 is 0 Å². The molecule has 0 spiro atoms. The number of benzene rings is 1. The van der Waals surface area contributed by atoms with Gasteiger partial charge in [0, 0.05) is 48.7 Å². The molecular formula is C29H46N4O3S. The minimum absolute atomic E-state index is 0.0954. The number of nitrogens with one attached hydrogen (secondary N) is 2. The SMILES string of the molecule is CCC1CCC(C(=O)Nc2nc(CCO)cs2)CC1.CCc1c(C)cc(NCCN(C)C)cc1C(C)=O. The number of aromatic nitrogens is 1. The standard InChI is InChI=1S/C15H24N2O.C14H22N2O2S/c1-6-14-11(2)9-13(10-15(14)12(3)18)16-7-8-17(4)5;1-2-10-3-5-11(6-4-10)13(18)16-14-15-12(7-8-17)9-19-14/h9-10,16H,6-8H2,1-5H3;9-11,17H,2-8H2,1H3,(H,15,16,18). The highest BCUT2D eigenvalue weighted by molar-refractivity contribution is 7.13. The van der Waals surface area contributed by atoms with Crippen LogP contribution in [-0.2, 0) is 17.6 Å². The predicted molar refractivity (Wildman–Crippen MR) is 155 cm³/mol. The molecule has 0 aliphatic heterocycles. The summed E-state index contributed by atoms with van der Waals surface area (Å²) in [7, 11) is 4.10. The van der Waals surface area contributed by atoms with E-state index in [1.54, 1.807) is 6.92 Å². The molecule has 1 saturated carbocycles. The van der Waals surface area contributed by atoms with Crippen LogP contribution in [-0.4, -0.2) is 60.5 Å². The fourth-order valence-electron chi connectivity index (χ4n) is 4.76. The molecule has 1 aliphatic rings. The van der Waals surface area contributed by atoms with Gasteiger partial charge in [-0.25, -0.2) is 4.98 Å². The van der Waals surface area contributed by atoms with Crippen molar-refractivity contribution in [3.8, 4) is 0 Å². The number of aliphatic hydroxyl groups excluding tert-OH is 1. The fourth-order valence-corrected chi connectivity index (χ4v) is 5.51. The van der Waals surface area contributed by atoms with Gasteiger partial charge in [0.25, 0.3) is 0 Å². The van der Waals surface area contributed by atoms with Crippen LogP contribution in [0.3, 0.4) is 0 Å². The van der Waals surface area contributed by atoms with Gasteiger partial charge in [-0.3, -0.25) is 9.59 Å². The van der Waals surface area contributed by atoms with Crippen molar-refractivity contribution in [1.29, 1.82) is 0 Å². The molecule has 206 valence electrons. The van der Waals surface area contributed by atoms with Gasteiger partial charge in [-0.15, -0.1) is 11.3 Å². The van der Waals surface area contributed by atoms with E-state index in [2.05, 4.69) is 47.4 Å². The minimum atomic E-state index is 0.0954. The van der Waals surface area contributed by atoms with E-state index in [1.807, 2.05) is 25.5 Å². The van der Waals surface area contributed by atoms with Gasteiger partial charge in [0.05, 0.1) is 5.69 Å². The van der Waals surface area contributed by atoms with E-state index in [-0.39, 0.29) is 24.2 Å². The van der Waals surface area contributed by atoms with Crippen molar-refractivity contribution in [2.75, 3.05) is 44.4 Å². The Hall–Kier alpha value is -2.29. The zero-order valence-electron chi connectivity index (χ0n) is 23.5. The lowest BCUT2D eigenvalue weighted by Crippen LogP contribution is -2.27. The molecule has 0 bridgehead atoms. The van der Waals surface area contributed by atoms with Crippen LogP contribution in [0, 0.1) is 18.8 Å². The van der Waals surface area contributed by atoms with Gasteiger partial charge in [-0.1, -0.05) is 20.3 Å². The Bertz CT molecular complexity index is 997. The van der Waals surface area contributed by atoms with Crippen molar-refractivity contribution in [2.45, 2.75) is 72.6 Å². The van der Waals surface area contributed by atoms with Crippen molar-refractivity contribution in [3.05, 3.63) is 39.9 Å². The summed E-state index contributed by atoms with van der Waals surface area (Å²) >= 11 is 1.43. The maximum atomic E-state index is 12.1. The highest BCUT2D eigenvalue weighted by atomic mass is 32.1. The number of likely N-dealkylation sites (N-methyl/N-ethyl adjacent to an activating group) is 1. The number of thiazole rings is 1. The molecule has 37 heavy (non-hydrogen) atoms. The van der Waals surface area contributed by atoms with Crippen molar-refractivity contribution >= 4 is 33.8 Å². The Balaban J connectivity index is 0.000000261. The van der Waals surface area contributed by atoms with Crippen molar-refractivity contribution in [1.82, 2.24) is 9.88 Å². The fraction of sp³-hybridized carbons (Fsp3) is 0.621. The number of aliphatic hydroxyl groups is 1. The van der Waals surface area contributed by atoms with E-state index in [0.717, 1.165) is 55.2 Å². The number of aryl methyl sites for hydroxylation is 1. The topological polar surface area (TPSA) is 94.6 Å². The van der Waals surface area contributed by atoms with Crippen LogP contribution in [0.1, 0.15) is 80.1 Å². The molecule has 1 fully saturated rings. The number of anilines is 2. The third-order valence-corrected chi connectivity index (χ3v) is 7.85. The lowest BCUT2D eigenvalue weighted by atomic mass is 9.80. The number of Topliss-reactive ketones (excluding diaryl/α,β-unsaturated/α-hetero) is 1. The second-order valence-corrected chi connectivity index (χ2v) is 11.0. The summed E-state index contributed by atoms with van der Waals surface area (Å²) in [5, 5.41) is 17.7. The summed E-state index contributed by atoms with van der Waals surface area (Å²) in [5.41, 5.74) is 5.09. The first-order valence-electron chi connectivity index (χ1n) is 13.6. The van der Waals surface area contributed by atoms with Crippen LogP contribution in [0.4, 0.5) is 10.8 Å². The summed E-state index contributed by atoms with van der Waals surface area (Å²) in [6.45, 7) is 9.98. The monoisotopic (exact) mass is 530 g/mol. The number of carbonyl (C=O) groups excluding carboxylic acids is 2. The Morgan fingerprint density at radius 1 is 1.16 bits per heavy atom. The number of amides is 1. The molecule has 0 atom stereocenters. The molecule has 0 saturated heterocycles. The van der Waals surface area contributed by atoms with Crippen molar-refractivity contribution in [2.24, 2.45) is 11.8 Å². The number of hydrogen-bond donors (Lipinski definition) is 3. The lowest BCUT2D eigenvalue weighted by Gasteiger charge is -2.26. The largest absolute Gasteiger partial charge is 0.396 e. The van der Waals surface area contributed by atoms with E-state index in [0.29, 0.717) is 11.6 Å². The summed E-state index contributed by atoms with van der Waals surface area (Å²) in [6.07, 6.45) is 7.01. The van der Waals surface area contributed by atoms with Crippen LogP contribution < -0.4 is 10.6 Å². The molecule has 1 amide bonds. The van der Waals surface area contributed by atoms with E-state index in [1.165, 1.54) is 41.7 Å². The summed E-state index contributed by atoms with van der Waals surface area (Å²) in [4.78, 5) is 30.2. The molecule has 0 unspecified atom stereocenters. The molecule has 1 aliphatic carbocycles. The number of nitrogens with zero attached hydrogens (tertiary/aromatic N) is 2. The number of rotatable bonds is 11. The second kappa shape index (κ2) is 15.8. The summed E-state index contributed by atoms with van der Waals surface area (Å²) in [6, 6.07) is 4.10. The van der Waals surface area contributed by atoms with Gasteiger partial charge in [0.1, 0.15) is 0 Å². The average molecular weight is 531 g/mol. The first kappa shape index (κ1) is 30.9. The van der Waals surface area contributed by atoms with Gasteiger partial charge < -0.3 is 20.6 Å². The number of hydrogen-bond acceptors (Lipinski definition) is 7. The molecule has 1 aromatic heterocycles. The Morgan fingerprint density at radius 2 is 1.86 bits per heavy atom. The third kappa shape index (κ3) is 10.2. The molecule has 2 aromatic rings. The van der Waals surface area contributed by atoms with E-state index in [9.17, 15) is 9.59 Å². The molecular weight excluding hydrogens is 484 g/mol. The van der Waals surface area contributed by atoms with Crippen molar-refractivity contribution < 1.29 is 14.7 Å². The van der Waals surface area contributed by atoms with Crippen LogP contribution in [0.25, 0.3) is 0 Å². The zero-order chi connectivity index (χ0) is 27.4. The van der Waals surface area contributed by atoms with Crippen LogP contribution in [0.2, 0.25) is 0 Å². The lowest BCUT2D eigenvalue weighted by molar-refractivity contribution is -0.121. The molecule has 7 nitrogen and oxygen atoms in total. The van der Waals surface area contributed by atoms with Crippen LogP contribution in [0.5, 0.6) is 0 Å². The Kier molecular flexibility index (Phi) is 13.2. The highest BCUT2D eigenvalue weighted by Gasteiger charge is 2.26. The van der Waals surface area contributed by atoms with E-state index in [4.69, 9.17) is 5.11 Å². The Morgan fingerprint density at radius 3 is 2.43 bits per heavy atom. The molecule has 3 rings (SSSR count). The molecule has 8 heteroatoms. The molecule has 1 heterocycles. The minimum Gasteiger partial charge on any atom is -0.396 e. The van der Waals surface area contributed by atoms with Gasteiger partial charge in [0.15, 0.2) is 10.9 Å².